The molecule has 0 saturated heterocycles. The molecule has 1 aromatic heterocycles. The van der Waals surface area contributed by atoms with E-state index < -0.39 is 23.3 Å². The number of ketones is 1. The summed E-state index contributed by atoms with van der Waals surface area (Å²) in [6.07, 6.45) is -0.980. The topological polar surface area (TPSA) is 121 Å². The molecule has 0 fully saturated rings. The van der Waals surface area contributed by atoms with Gasteiger partial charge in [0.2, 0.25) is 0 Å². The fourth-order valence-electron chi connectivity index (χ4n) is 3.35. The lowest BCUT2D eigenvalue weighted by atomic mass is 10.0. The molecule has 0 spiro atoms. The average Bonchev–Trinajstić information content (AvgIpc) is 2.78. The van der Waals surface area contributed by atoms with E-state index in [1.54, 1.807) is 33.9 Å². The molecule has 0 atom stereocenters. The average molecular weight is 469 g/mol. The zero-order valence-electron chi connectivity index (χ0n) is 19.6. The van der Waals surface area contributed by atoms with Crippen LogP contribution < -0.4 is 15.7 Å². The fraction of sp³-hybridized carbons (Fsp3) is 0.360. The van der Waals surface area contributed by atoms with Gasteiger partial charge < -0.3 is 23.9 Å². The van der Waals surface area contributed by atoms with Gasteiger partial charge in [0.25, 0.3) is 0 Å². The number of ether oxygens (including phenoxy) is 3. The molecular weight excluding hydrogens is 442 g/mol. The number of carbonyl (C=O) groups excluding carboxylic acids is 3. The molecule has 0 unspecified atom stereocenters. The maximum Gasteiger partial charge on any atom is 0.408 e. The second-order valence-corrected chi connectivity index (χ2v) is 8.65. The number of esters is 1. The number of alkyl carbamates (subject to hydrolysis) is 1. The van der Waals surface area contributed by atoms with Crippen molar-refractivity contribution in [2.75, 3.05) is 13.7 Å². The van der Waals surface area contributed by atoms with Crippen molar-refractivity contribution in [1.29, 1.82) is 0 Å². The number of hydrogen-bond acceptors (Lipinski definition) is 8. The van der Waals surface area contributed by atoms with E-state index in [-0.39, 0.29) is 31.8 Å². The third kappa shape index (κ3) is 6.34. The Labute approximate surface area is 196 Å². The molecule has 0 aliphatic heterocycles. The number of methoxy groups -OCH3 is 1. The predicted molar refractivity (Wildman–Crippen MR) is 125 cm³/mol. The quantitative estimate of drug-likeness (QED) is 0.300. The molecule has 180 valence electrons. The maximum absolute atomic E-state index is 12.2. The first-order valence-electron chi connectivity index (χ1n) is 10.7. The highest BCUT2D eigenvalue weighted by Crippen LogP contribution is 2.34. The van der Waals surface area contributed by atoms with Crippen LogP contribution in [-0.4, -0.2) is 37.1 Å². The van der Waals surface area contributed by atoms with Crippen molar-refractivity contribution >= 4 is 39.6 Å². The van der Waals surface area contributed by atoms with Crippen LogP contribution in [0, 0.1) is 0 Å². The van der Waals surface area contributed by atoms with Crippen molar-refractivity contribution in [1.82, 2.24) is 5.32 Å². The number of Topliss-reactive ketones (excluding diaryl/α,β-unsaturated/α-hetero) is 1. The van der Waals surface area contributed by atoms with Gasteiger partial charge in [-0.25, -0.2) is 9.59 Å². The van der Waals surface area contributed by atoms with E-state index in [2.05, 4.69) is 5.32 Å². The van der Waals surface area contributed by atoms with Crippen molar-refractivity contribution in [2.24, 2.45) is 0 Å². The molecule has 9 heteroatoms. The summed E-state index contributed by atoms with van der Waals surface area (Å²) in [7, 11) is 1.54. The van der Waals surface area contributed by atoms with Gasteiger partial charge in [0.1, 0.15) is 23.5 Å². The number of amides is 1. The van der Waals surface area contributed by atoms with Crippen LogP contribution in [0.5, 0.6) is 5.75 Å². The summed E-state index contributed by atoms with van der Waals surface area (Å²) >= 11 is 0. The van der Waals surface area contributed by atoms with E-state index in [9.17, 15) is 19.2 Å². The summed E-state index contributed by atoms with van der Waals surface area (Å²) in [5, 5.41) is 4.42. The highest BCUT2D eigenvalue weighted by Gasteiger charge is 2.18. The van der Waals surface area contributed by atoms with Gasteiger partial charge >= 0.3 is 17.7 Å². The molecule has 0 radical (unpaired) electrons. The standard InChI is InChI=1S/C25H27NO8/c1-25(2,3)34-24(30)26-13-16(27)9-10-21(28)32-14-15-11-22(29)33-23-18-8-6-5-7-17(18)20(31-4)12-19(15)23/h5-8,11-12H,9-10,13-14H2,1-4H3,(H,26,30). The summed E-state index contributed by atoms with van der Waals surface area (Å²) in [4.78, 5) is 47.9. The minimum absolute atomic E-state index is 0.106. The molecule has 0 bridgehead atoms. The number of hydrogen-bond donors (Lipinski definition) is 1. The van der Waals surface area contributed by atoms with E-state index in [1.807, 2.05) is 24.3 Å². The lowest BCUT2D eigenvalue weighted by Gasteiger charge is -2.19. The van der Waals surface area contributed by atoms with Crippen molar-refractivity contribution in [3.8, 4) is 5.75 Å². The van der Waals surface area contributed by atoms with Gasteiger partial charge in [-0.05, 0) is 26.8 Å². The molecule has 1 heterocycles. The van der Waals surface area contributed by atoms with Gasteiger partial charge in [-0.3, -0.25) is 9.59 Å². The molecule has 34 heavy (non-hydrogen) atoms. The highest BCUT2D eigenvalue weighted by molar-refractivity contribution is 6.08. The van der Waals surface area contributed by atoms with Gasteiger partial charge in [0.15, 0.2) is 5.78 Å². The van der Waals surface area contributed by atoms with Crippen LogP contribution in [0.25, 0.3) is 21.7 Å². The summed E-state index contributed by atoms with van der Waals surface area (Å²) in [6, 6.07) is 10.3. The molecule has 1 N–H and O–H groups in total. The third-order valence-corrected chi connectivity index (χ3v) is 4.84. The van der Waals surface area contributed by atoms with E-state index in [1.165, 1.54) is 6.07 Å². The minimum Gasteiger partial charge on any atom is -0.496 e. The Balaban J connectivity index is 1.63. The van der Waals surface area contributed by atoms with Crippen LogP contribution in [-0.2, 0) is 25.7 Å². The Bertz CT molecular complexity index is 1290. The van der Waals surface area contributed by atoms with Crippen molar-refractivity contribution in [2.45, 2.75) is 45.8 Å². The number of fused-ring (bicyclic) bond motifs is 3. The van der Waals surface area contributed by atoms with Gasteiger partial charge in [-0.15, -0.1) is 0 Å². The van der Waals surface area contributed by atoms with Crippen molar-refractivity contribution < 1.29 is 33.0 Å². The second-order valence-electron chi connectivity index (χ2n) is 8.65. The molecule has 9 nitrogen and oxygen atoms in total. The van der Waals surface area contributed by atoms with E-state index in [0.717, 1.165) is 5.39 Å². The highest BCUT2D eigenvalue weighted by atomic mass is 16.6. The van der Waals surface area contributed by atoms with E-state index in [0.29, 0.717) is 27.7 Å². The van der Waals surface area contributed by atoms with Crippen LogP contribution in [0.2, 0.25) is 0 Å². The van der Waals surface area contributed by atoms with Crippen LogP contribution in [0.4, 0.5) is 4.79 Å². The van der Waals surface area contributed by atoms with Crippen LogP contribution in [0.15, 0.2) is 45.6 Å². The van der Waals surface area contributed by atoms with Crippen LogP contribution in [0.3, 0.4) is 0 Å². The monoisotopic (exact) mass is 469 g/mol. The van der Waals surface area contributed by atoms with Gasteiger partial charge in [-0.2, -0.15) is 0 Å². The Kier molecular flexibility index (Phi) is 7.55. The first-order chi connectivity index (χ1) is 16.1. The van der Waals surface area contributed by atoms with E-state index >= 15 is 0 Å². The zero-order valence-corrected chi connectivity index (χ0v) is 19.6. The largest absolute Gasteiger partial charge is 0.496 e. The molecule has 2 aromatic carbocycles. The van der Waals surface area contributed by atoms with E-state index in [4.69, 9.17) is 18.6 Å². The number of nitrogens with one attached hydrogen (secondary N) is 1. The molecule has 1 amide bonds. The molecular formula is C25H27NO8. The molecule has 0 aliphatic carbocycles. The molecule has 3 rings (SSSR count). The van der Waals surface area contributed by atoms with Gasteiger partial charge in [-0.1, -0.05) is 24.3 Å². The zero-order chi connectivity index (χ0) is 24.9. The number of carbonyl (C=O) groups is 3. The first kappa shape index (κ1) is 24.8. The Morgan fingerprint density at radius 3 is 2.38 bits per heavy atom. The molecule has 3 aromatic rings. The van der Waals surface area contributed by atoms with Crippen molar-refractivity contribution in [3.63, 3.8) is 0 Å². The normalized spacial score (nSPS) is 11.3. The van der Waals surface area contributed by atoms with Gasteiger partial charge in [0, 0.05) is 34.2 Å². The maximum atomic E-state index is 12.2. The minimum atomic E-state index is -0.707. The molecule has 0 saturated carbocycles. The smallest absolute Gasteiger partial charge is 0.408 e. The fourth-order valence-corrected chi connectivity index (χ4v) is 3.35. The summed E-state index contributed by atoms with van der Waals surface area (Å²) in [6.45, 7) is 4.71. The summed E-state index contributed by atoms with van der Waals surface area (Å²) in [5.41, 5.74) is -0.413. The predicted octanol–water partition coefficient (Wildman–Crippen LogP) is 3.87. The number of benzene rings is 2. The summed E-state index contributed by atoms with van der Waals surface area (Å²) < 4.78 is 21.3. The lowest BCUT2D eigenvalue weighted by molar-refractivity contribution is -0.146. The second kappa shape index (κ2) is 10.4. The first-order valence-corrected chi connectivity index (χ1v) is 10.7. The van der Waals surface area contributed by atoms with Gasteiger partial charge in [0.05, 0.1) is 20.1 Å². The Morgan fingerprint density at radius 2 is 1.71 bits per heavy atom. The van der Waals surface area contributed by atoms with Crippen LogP contribution in [0.1, 0.15) is 39.2 Å². The number of rotatable bonds is 8. The van der Waals surface area contributed by atoms with Crippen molar-refractivity contribution in [3.05, 3.63) is 52.4 Å². The SMILES string of the molecule is COc1cc2c(COC(=O)CCC(=O)CNC(=O)OC(C)(C)C)cc(=O)oc2c2ccccc12. The Morgan fingerprint density at radius 1 is 1.00 bits per heavy atom. The third-order valence-electron chi connectivity index (χ3n) is 4.84. The molecule has 0 aliphatic rings. The Hall–Kier alpha value is -3.88. The lowest BCUT2D eigenvalue weighted by Crippen LogP contribution is -2.35. The summed E-state index contributed by atoms with van der Waals surface area (Å²) in [5.74, 6) is -0.364. The van der Waals surface area contributed by atoms with Crippen LogP contribution >= 0.6 is 0 Å².